The maximum atomic E-state index is 9.79. The van der Waals surface area contributed by atoms with Crippen LogP contribution in [0.3, 0.4) is 0 Å². The third-order valence-electron chi connectivity index (χ3n) is 3.94. The summed E-state index contributed by atoms with van der Waals surface area (Å²) in [6, 6.07) is 15.6. The number of benzene rings is 2. The largest absolute Gasteiger partial charge is 0.508 e. The topological polar surface area (TPSA) is 82.1 Å². The predicted octanol–water partition coefficient (Wildman–Crippen LogP) is 4.12. The zero-order valence-corrected chi connectivity index (χ0v) is 14.4. The Balaban J connectivity index is 2.30. The maximum Gasteiger partial charge on any atom is 0.115 e. The summed E-state index contributed by atoms with van der Waals surface area (Å²) in [4.78, 5) is 0. The minimum absolute atomic E-state index is 0.163. The Morgan fingerprint density at radius 2 is 1.44 bits per heavy atom. The number of rotatable bonds is 2. The van der Waals surface area contributed by atoms with Gasteiger partial charge >= 0.3 is 0 Å². The van der Waals surface area contributed by atoms with Gasteiger partial charge in [-0.3, -0.25) is 0 Å². The van der Waals surface area contributed by atoms with E-state index in [9.17, 15) is 15.5 Å². The van der Waals surface area contributed by atoms with E-state index < -0.39 is 0 Å². The summed E-state index contributed by atoms with van der Waals surface area (Å²) in [6.45, 7) is 6.09. The van der Waals surface area contributed by atoms with Crippen molar-refractivity contribution in [3.8, 4) is 34.5 Å². The van der Waals surface area contributed by atoms with Crippen molar-refractivity contribution in [2.24, 2.45) is 0 Å². The third-order valence-corrected chi connectivity index (χ3v) is 3.94. The van der Waals surface area contributed by atoms with Crippen LogP contribution in [0.25, 0.3) is 16.9 Å². The van der Waals surface area contributed by atoms with Crippen LogP contribution in [0.15, 0.2) is 48.5 Å². The van der Waals surface area contributed by atoms with Gasteiger partial charge in [0.15, 0.2) is 0 Å². The molecule has 0 saturated carbocycles. The summed E-state index contributed by atoms with van der Waals surface area (Å²) < 4.78 is 1.75. The lowest BCUT2D eigenvalue weighted by Gasteiger charge is -2.21. The number of aromatic nitrogens is 2. The molecule has 0 saturated heterocycles. The Bertz CT molecular complexity index is 941. The second kappa shape index (κ2) is 5.99. The normalized spacial score (nSPS) is 11.3. The third kappa shape index (κ3) is 3.07. The van der Waals surface area contributed by atoms with Gasteiger partial charge in [-0.25, -0.2) is 4.68 Å². The lowest BCUT2D eigenvalue weighted by molar-refractivity contribution is 0.474. The number of phenols is 2. The molecule has 1 heterocycles. The molecule has 0 aliphatic carbocycles. The molecule has 0 spiro atoms. The van der Waals surface area contributed by atoms with Gasteiger partial charge in [-0.15, -0.1) is 0 Å². The fourth-order valence-corrected chi connectivity index (χ4v) is 2.82. The SMILES string of the molecule is CC(C)(C)c1c(C#N)c(-c2ccc(O)cc2)nn1-c1ccc(O)cc1. The molecule has 0 amide bonds. The van der Waals surface area contributed by atoms with Gasteiger partial charge in [0.1, 0.15) is 28.8 Å². The Morgan fingerprint density at radius 1 is 0.920 bits per heavy atom. The van der Waals surface area contributed by atoms with Gasteiger partial charge in [-0.1, -0.05) is 20.8 Å². The molecule has 0 bridgehead atoms. The first kappa shape index (κ1) is 16.6. The van der Waals surface area contributed by atoms with Crippen molar-refractivity contribution in [1.29, 1.82) is 5.26 Å². The number of hydrogen-bond acceptors (Lipinski definition) is 4. The van der Waals surface area contributed by atoms with Crippen LogP contribution in [-0.2, 0) is 5.41 Å². The quantitative estimate of drug-likeness (QED) is 0.739. The number of hydrogen-bond donors (Lipinski definition) is 2. The molecule has 25 heavy (non-hydrogen) atoms. The summed E-state index contributed by atoms with van der Waals surface area (Å²) in [6.07, 6.45) is 0. The summed E-state index contributed by atoms with van der Waals surface area (Å²) in [5.74, 6) is 0.337. The first-order chi connectivity index (χ1) is 11.8. The van der Waals surface area contributed by atoms with E-state index in [1.54, 1.807) is 53.2 Å². The zero-order valence-electron chi connectivity index (χ0n) is 14.4. The van der Waals surface area contributed by atoms with Crippen molar-refractivity contribution in [2.45, 2.75) is 26.2 Å². The number of nitriles is 1. The van der Waals surface area contributed by atoms with Gasteiger partial charge < -0.3 is 10.2 Å². The van der Waals surface area contributed by atoms with E-state index >= 15 is 0 Å². The first-order valence-corrected chi connectivity index (χ1v) is 7.93. The highest BCUT2D eigenvalue weighted by Crippen LogP contribution is 2.35. The minimum atomic E-state index is -0.314. The van der Waals surface area contributed by atoms with Crippen LogP contribution in [-0.4, -0.2) is 20.0 Å². The van der Waals surface area contributed by atoms with E-state index in [0.717, 1.165) is 16.9 Å². The molecule has 3 rings (SSSR count). The van der Waals surface area contributed by atoms with E-state index in [0.29, 0.717) is 11.3 Å². The second-order valence-corrected chi connectivity index (χ2v) is 6.91. The van der Waals surface area contributed by atoms with E-state index in [4.69, 9.17) is 0 Å². The van der Waals surface area contributed by atoms with Crippen molar-refractivity contribution < 1.29 is 10.2 Å². The Labute approximate surface area is 146 Å². The highest BCUT2D eigenvalue weighted by molar-refractivity contribution is 5.70. The molecule has 5 nitrogen and oxygen atoms in total. The molecule has 126 valence electrons. The van der Waals surface area contributed by atoms with Crippen LogP contribution < -0.4 is 0 Å². The molecule has 0 unspecified atom stereocenters. The first-order valence-electron chi connectivity index (χ1n) is 7.93. The van der Waals surface area contributed by atoms with Crippen LogP contribution >= 0.6 is 0 Å². The molecule has 1 aromatic heterocycles. The van der Waals surface area contributed by atoms with Gasteiger partial charge in [0.2, 0.25) is 0 Å². The number of nitrogens with zero attached hydrogens (tertiary/aromatic N) is 3. The van der Waals surface area contributed by atoms with Crippen molar-refractivity contribution in [3.05, 3.63) is 59.8 Å². The molecular formula is C20H19N3O2. The summed E-state index contributed by atoms with van der Waals surface area (Å²) in [5, 5.41) is 33.5. The van der Waals surface area contributed by atoms with Crippen molar-refractivity contribution in [2.75, 3.05) is 0 Å². The number of phenolic OH excluding ortho intramolecular Hbond substituents is 2. The Morgan fingerprint density at radius 3 is 1.92 bits per heavy atom. The average Bonchev–Trinajstić information content (AvgIpc) is 2.96. The van der Waals surface area contributed by atoms with E-state index in [1.807, 2.05) is 20.8 Å². The van der Waals surface area contributed by atoms with Crippen LogP contribution in [0.4, 0.5) is 0 Å². The lowest BCUT2D eigenvalue weighted by atomic mass is 9.88. The highest BCUT2D eigenvalue weighted by Gasteiger charge is 2.28. The molecule has 2 aromatic carbocycles. The second-order valence-electron chi connectivity index (χ2n) is 6.91. The molecule has 0 aliphatic rings. The molecule has 0 atom stereocenters. The monoisotopic (exact) mass is 333 g/mol. The fourth-order valence-electron chi connectivity index (χ4n) is 2.82. The Hall–Kier alpha value is -3.26. The molecule has 0 fully saturated rings. The minimum Gasteiger partial charge on any atom is -0.508 e. The van der Waals surface area contributed by atoms with Crippen LogP contribution in [0.1, 0.15) is 32.0 Å². The summed E-state index contributed by atoms with van der Waals surface area (Å²) >= 11 is 0. The maximum absolute atomic E-state index is 9.79. The summed E-state index contributed by atoms with van der Waals surface area (Å²) in [7, 11) is 0. The zero-order chi connectivity index (χ0) is 18.2. The van der Waals surface area contributed by atoms with Crippen molar-refractivity contribution in [3.63, 3.8) is 0 Å². The molecule has 0 radical (unpaired) electrons. The van der Waals surface area contributed by atoms with E-state index in [1.165, 1.54) is 0 Å². The van der Waals surface area contributed by atoms with Gasteiger partial charge in [-0.2, -0.15) is 10.4 Å². The van der Waals surface area contributed by atoms with Crippen LogP contribution in [0.5, 0.6) is 11.5 Å². The van der Waals surface area contributed by atoms with Crippen LogP contribution in [0.2, 0.25) is 0 Å². The molecule has 5 heteroatoms. The van der Waals surface area contributed by atoms with Gasteiger partial charge in [-0.05, 0) is 48.5 Å². The molecular weight excluding hydrogens is 314 g/mol. The standard InChI is InChI=1S/C20H19N3O2/c1-20(2,3)19-17(12-21)18(13-4-8-15(24)9-5-13)22-23(19)14-6-10-16(25)11-7-14/h4-11,24-25H,1-3H3. The Kier molecular flexibility index (Phi) is 3.97. The fraction of sp³-hybridized carbons (Fsp3) is 0.200. The highest BCUT2D eigenvalue weighted by atomic mass is 16.3. The van der Waals surface area contributed by atoms with E-state index in [2.05, 4.69) is 11.2 Å². The van der Waals surface area contributed by atoms with Crippen molar-refractivity contribution in [1.82, 2.24) is 9.78 Å². The van der Waals surface area contributed by atoms with Gasteiger partial charge in [0.25, 0.3) is 0 Å². The van der Waals surface area contributed by atoms with Gasteiger partial charge in [0.05, 0.1) is 11.4 Å². The smallest absolute Gasteiger partial charge is 0.115 e. The predicted molar refractivity (Wildman–Crippen MR) is 95.7 cm³/mol. The average molecular weight is 333 g/mol. The molecule has 3 aromatic rings. The molecule has 2 N–H and O–H groups in total. The lowest BCUT2D eigenvalue weighted by Crippen LogP contribution is -2.18. The number of aromatic hydroxyl groups is 2. The van der Waals surface area contributed by atoms with Gasteiger partial charge in [0, 0.05) is 11.0 Å². The van der Waals surface area contributed by atoms with Crippen molar-refractivity contribution >= 4 is 0 Å². The summed E-state index contributed by atoms with van der Waals surface area (Å²) in [5.41, 5.74) is 3.09. The molecule has 0 aliphatic heterocycles. The van der Waals surface area contributed by atoms with Crippen LogP contribution in [0, 0.1) is 11.3 Å². The van der Waals surface area contributed by atoms with E-state index in [-0.39, 0.29) is 16.9 Å².